The molecule has 0 aliphatic heterocycles. The van der Waals surface area contributed by atoms with Crippen LogP contribution in [0.15, 0.2) is 6.07 Å². The van der Waals surface area contributed by atoms with Crippen molar-refractivity contribution < 1.29 is 22.4 Å². The number of halogens is 4. The van der Waals surface area contributed by atoms with Crippen LogP contribution in [0.2, 0.25) is 0 Å². The van der Waals surface area contributed by atoms with E-state index in [1.165, 1.54) is 0 Å². The molecule has 16 heavy (non-hydrogen) atoms. The molecule has 0 heterocycles. The van der Waals surface area contributed by atoms with Crippen molar-refractivity contribution in [1.29, 1.82) is 0 Å². The van der Waals surface area contributed by atoms with Crippen LogP contribution >= 0.6 is 0 Å². The van der Waals surface area contributed by atoms with Gasteiger partial charge in [-0.05, 0) is 0 Å². The van der Waals surface area contributed by atoms with Gasteiger partial charge in [-0.25, -0.2) is 17.6 Å². The second-order valence-corrected chi connectivity index (χ2v) is 2.93. The van der Waals surface area contributed by atoms with Crippen molar-refractivity contribution in [2.75, 3.05) is 11.9 Å². The summed E-state index contributed by atoms with van der Waals surface area (Å²) in [6, 6.07) is 0.0588. The molecule has 0 radical (unpaired) electrons. The van der Waals surface area contributed by atoms with Crippen LogP contribution in [-0.2, 0) is 4.79 Å². The molecule has 1 rings (SSSR count). The second kappa shape index (κ2) is 4.93. The molecule has 0 saturated carbocycles. The first-order valence-corrected chi connectivity index (χ1v) is 4.30. The zero-order valence-electron chi connectivity index (χ0n) is 7.99. The maximum absolute atomic E-state index is 13.0. The van der Waals surface area contributed by atoms with Gasteiger partial charge >= 0.3 is 0 Å². The van der Waals surface area contributed by atoms with Crippen LogP contribution in [0.25, 0.3) is 0 Å². The number of hydrogen-bond acceptors (Lipinski definition) is 2. The van der Waals surface area contributed by atoms with E-state index in [4.69, 9.17) is 5.73 Å². The van der Waals surface area contributed by atoms with Crippen LogP contribution in [0, 0.1) is 23.3 Å². The summed E-state index contributed by atoms with van der Waals surface area (Å²) in [5.74, 6) is -7.29. The molecule has 0 aliphatic carbocycles. The minimum Gasteiger partial charge on any atom is -0.330 e. The molecule has 1 aromatic rings. The van der Waals surface area contributed by atoms with Gasteiger partial charge in [0.2, 0.25) is 5.91 Å². The Kier molecular flexibility index (Phi) is 3.83. The number of amides is 1. The fraction of sp³-hybridized carbons (Fsp3) is 0.222. The van der Waals surface area contributed by atoms with Gasteiger partial charge in [0.25, 0.3) is 0 Å². The molecule has 0 atom stereocenters. The molecule has 0 aromatic heterocycles. The molecule has 3 N–H and O–H groups in total. The zero-order valence-corrected chi connectivity index (χ0v) is 7.99. The molecule has 7 heteroatoms. The largest absolute Gasteiger partial charge is 0.330 e. The summed E-state index contributed by atoms with van der Waals surface area (Å²) in [4.78, 5) is 11.0. The van der Waals surface area contributed by atoms with E-state index in [1.807, 2.05) is 0 Å². The molecule has 0 bridgehead atoms. The lowest BCUT2D eigenvalue weighted by Gasteiger charge is -2.08. The van der Waals surface area contributed by atoms with Gasteiger partial charge in [-0.3, -0.25) is 4.79 Å². The number of anilines is 1. The Bertz CT molecular complexity index is 396. The van der Waals surface area contributed by atoms with Crippen molar-refractivity contribution in [2.45, 2.75) is 6.42 Å². The van der Waals surface area contributed by atoms with Crippen molar-refractivity contribution in [3.63, 3.8) is 0 Å². The normalized spacial score (nSPS) is 10.3. The summed E-state index contributed by atoms with van der Waals surface area (Å²) in [6.45, 7) is -0.0487. The third-order valence-corrected chi connectivity index (χ3v) is 1.75. The molecule has 0 fully saturated rings. The van der Waals surface area contributed by atoms with Crippen LogP contribution in [0.5, 0.6) is 0 Å². The smallest absolute Gasteiger partial charge is 0.225 e. The number of rotatable bonds is 3. The Morgan fingerprint density at radius 2 is 1.69 bits per heavy atom. The van der Waals surface area contributed by atoms with Gasteiger partial charge in [0.05, 0.1) is 0 Å². The number of carbonyl (C=O) groups excluding carboxylic acids is 1. The molecule has 0 unspecified atom stereocenters. The predicted octanol–water partition coefficient (Wildman–Crippen LogP) is 1.53. The maximum Gasteiger partial charge on any atom is 0.225 e. The van der Waals surface area contributed by atoms with E-state index in [0.29, 0.717) is 0 Å². The first-order chi connectivity index (χ1) is 7.47. The third-order valence-electron chi connectivity index (χ3n) is 1.75. The molecule has 0 saturated heterocycles. The lowest BCUT2D eigenvalue weighted by Crippen LogP contribution is -2.18. The van der Waals surface area contributed by atoms with E-state index in [0.717, 1.165) is 0 Å². The highest BCUT2D eigenvalue weighted by atomic mass is 19.2. The molecule has 3 nitrogen and oxygen atoms in total. The molecular formula is C9H8F4N2O. The van der Waals surface area contributed by atoms with Crippen molar-refractivity contribution >= 4 is 11.6 Å². The van der Waals surface area contributed by atoms with Crippen molar-refractivity contribution in [1.82, 2.24) is 0 Å². The van der Waals surface area contributed by atoms with Crippen LogP contribution in [0.4, 0.5) is 23.2 Å². The van der Waals surface area contributed by atoms with Gasteiger partial charge in [0, 0.05) is 19.0 Å². The van der Waals surface area contributed by atoms with Crippen molar-refractivity contribution in [2.24, 2.45) is 5.73 Å². The predicted molar refractivity (Wildman–Crippen MR) is 48.6 cm³/mol. The first-order valence-electron chi connectivity index (χ1n) is 4.30. The zero-order chi connectivity index (χ0) is 12.3. The monoisotopic (exact) mass is 236 g/mol. The van der Waals surface area contributed by atoms with E-state index >= 15 is 0 Å². The van der Waals surface area contributed by atoms with Crippen LogP contribution < -0.4 is 11.1 Å². The van der Waals surface area contributed by atoms with Gasteiger partial charge in [0.15, 0.2) is 23.3 Å². The number of nitrogens with two attached hydrogens (primary N) is 1. The summed E-state index contributed by atoms with van der Waals surface area (Å²) < 4.78 is 51.4. The average Bonchev–Trinajstić information content (AvgIpc) is 2.22. The lowest BCUT2D eigenvalue weighted by atomic mass is 10.2. The van der Waals surface area contributed by atoms with E-state index in [9.17, 15) is 22.4 Å². The van der Waals surface area contributed by atoms with Gasteiger partial charge in [-0.1, -0.05) is 0 Å². The number of carbonyl (C=O) groups is 1. The van der Waals surface area contributed by atoms with E-state index < -0.39 is 34.9 Å². The minimum atomic E-state index is -1.65. The molecule has 1 amide bonds. The van der Waals surface area contributed by atoms with Crippen LogP contribution in [-0.4, -0.2) is 12.5 Å². The third kappa shape index (κ3) is 2.48. The first kappa shape index (κ1) is 12.4. The number of hydrogen-bond donors (Lipinski definition) is 2. The highest BCUT2D eigenvalue weighted by Gasteiger charge is 2.20. The molecule has 88 valence electrons. The van der Waals surface area contributed by atoms with Gasteiger partial charge < -0.3 is 11.1 Å². The number of nitrogens with one attached hydrogen (secondary N) is 1. The Balaban J connectivity index is 3.07. The quantitative estimate of drug-likeness (QED) is 0.617. The Morgan fingerprint density at radius 1 is 1.19 bits per heavy atom. The summed E-state index contributed by atoms with van der Waals surface area (Å²) in [6.07, 6.45) is -0.211. The fourth-order valence-electron chi connectivity index (χ4n) is 1.02. The molecular weight excluding hydrogens is 228 g/mol. The van der Waals surface area contributed by atoms with Gasteiger partial charge in [-0.15, -0.1) is 0 Å². The molecule has 0 aliphatic rings. The number of benzene rings is 1. The van der Waals surface area contributed by atoms with Gasteiger partial charge in [-0.2, -0.15) is 0 Å². The van der Waals surface area contributed by atoms with E-state index in [2.05, 4.69) is 0 Å². The fourth-order valence-corrected chi connectivity index (χ4v) is 1.02. The molecule has 0 spiro atoms. The highest BCUT2D eigenvalue weighted by Crippen LogP contribution is 2.24. The van der Waals surface area contributed by atoms with E-state index in [1.54, 1.807) is 5.32 Å². The average molecular weight is 236 g/mol. The molecule has 1 aromatic carbocycles. The van der Waals surface area contributed by atoms with Gasteiger partial charge in [0.1, 0.15) is 5.69 Å². The van der Waals surface area contributed by atoms with E-state index in [-0.39, 0.29) is 19.0 Å². The second-order valence-electron chi connectivity index (χ2n) is 2.93. The Morgan fingerprint density at radius 3 is 2.12 bits per heavy atom. The minimum absolute atomic E-state index is 0.0487. The summed E-state index contributed by atoms with van der Waals surface area (Å²) in [7, 11) is 0. The topological polar surface area (TPSA) is 55.1 Å². The Hall–Kier alpha value is -1.63. The lowest BCUT2D eigenvalue weighted by molar-refractivity contribution is -0.116. The Labute approximate surface area is 88.2 Å². The summed E-state index contributed by atoms with van der Waals surface area (Å²) in [5, 5.41) is 1.71. The van der Waals surface area contributed by atoms with Crippen molar-refractivity contribution in [3.05, 3.63) is 29.3 Å². The standard InChI is InChI=1S/C9H8F4N2O/c10-4-3-5(11)8(13)9(7(4)12)15-6(16)1-2-14/h3H,1-2,14H2,(H,15,16). The van der Waals surface area contributed by atoms with Crippen molar-refractivity contribution in [3.8, 4) is 0 Å². The highest BCUT2D eigenvalue weighted by molar-refractivity contribution is 5.91. The SMILES string of the molecule is NCCC(=O)Nc1c(F)c(F)cc(F)c1F. The van der Waals surface area contributed by atoms with Crippen LogP contribution in [0.1, 0.15) is 6.42 Å². The van der Waals surface area contributed by atoms with Crippen LogP contribution in [0.3, 0.4) is 0 Å². The summed E-state index contributed by atoms with van der Waals surface area (Å²) >= 11 is 0. The maximum atomic E-state index is 13.0. The summed E-state index contributed by atoms with van der Waals surface area (Å²) in [5.41, 5.74) is 3.88.